The Morgan fingerprint density at radius 1 is 1.24 bits per heavy atom. The van der Waals surface area contributed by atoms with E-state index in [1.54, 1.807) is 11.6 Å². The molecule has 3 aromatic heterocycles. The van der Waals surface area contributed by atoms with Gasteiger partial charge in [-0.3, -0.25) is 0 Å². The van der Waals surface area contributed by atoms with Crippen molar-refractivity contribution in [1.82, 2.24) is 24.1 Å². The number of rotatable bonds is 3. The molecule has 3 aromatic rings. The highest BCUT2D eigenvalue weighted by Gasteiger charge is 2.09. The van der Waals surface area contributed by atoms with Crippen LogP contribution in [0.15, 0.2) is 22.9 Å². The summed E-state index contributed by atoms with van der Waals surface area (Å²) in [6.07, 6.45) is 5.60. The van der Waals surface area contributed by atoms with Crippen molar-refractivity contribution >= 4 is 33.7 Å². The van der Waals surface area contributed by atoms with Gasteiger partial charge in [0.2, 0.25) is 0 Å². The first kappa shape index (κ1) is 13.8. The summed E-state index contributed by atoms with van der Waals surface area (Å²) in [4.78, 5) is 8.82. The smallest absolute Gasteiger partial charge is 0.198 e. The molecule has 0 unspecified atom stereocenters. The first-order valence-corrected chi connectivity index (χ1v) is 7.15. The molecule has 0 aromatic carbocycles. The van der Waals surface area contributed by atoms with E-state index in [9.17, 15) is 0 Å². The molecule has 0 saturated heterocycles. The van der Waals surface area contributed by atoms with Gasteiger partial charge in [-0.1, -0.05) is 0 Å². The van der Waals surface area contributed by atoms with Gasteiger partial charge in [0.1, 0.15) is 10.4 Å². The van der Waals surface area contributed by atoms with Crippen LogP contribution < -0.4 is 4.74 Å². The van der Waals surface area contributed by atoms with Gasteiger partial charge in [0.05, 0.1) is 7.11 Å². The highest BCUT2D eigenvalue weighted by Crippen LogP contribution is 2.19. The Bertz CT molecular complexity index is 833. The number of fused-ring (bicyclic) bond motifs is 1. The van der Waals surface area contributed by atoms with Crippen LogP contribution in [-0.2, 0) is 7.05 Å². The third-order valence-electron chi connectivity index (χ3n) is 3.14. The highest BCUT2D eigenvalue weighted by molar-refractivity contribution is 9.10. The van der Waals surface area contributed by atoms with E-state index in [1.165, 1.54) is 0 Å². The fraction of sp³-hybridized carbons (Fsp3) is 0.214. The number of aromatic nitrogens is 5. The van der Waals surface area contributed by atoms with Gasteiger partial charge < -0.3 is 9.30 Å². The molecule has 0 fully saturated rings. The van der Waals surface area contributed by atoms with Crippen molar-refractivity contribution in [2.45, 2.75) is 6.92 Å². The molecule has 0 spiro atoms. The zero-order valence-corrected chi connectivity index (χ0v) is 13.5. The van der Waals surface area contributed by atoms with E-state index in [0.717, 1.165) is 16.1 Å². The fourth-order valence-corrected chi connectivity index (χ4v) is 2.54. The molecule has 0 bridgehead atoms. The second-order valence-electron chi connectivity index (χ2n) is 4.61. The fourth-order valence-electron chi connectivity index (χ4n) is 2.05. The number of aryl methyl sites for hydroxylation is 2. The molecule has 0 aliphatic carbocycles. The molecule has 0 atom stereocenters. The number of hydrogen-bond donors (Lipinski definition) is 0. The largest absolute Gasteiger partial charge is 0.493 e. The maximum absolute atomic E-state index is 5.31. The summed E-state index contributed by atoms with van der Waals surface area (Å²) in [7, 11) is 3.56. The van der Waals surface area contributed by atoms with E-state index in [1.807, 2.05) is 49.0 Å². The summed E-state index contributed by atoms with van der Waals surface area (Å²) in [6, 6.07) is 3.84. The topological polar surface area (TPSA) is 57.2 Å². The summed E-state index contributed by atoms with van der Waals surface area (Å²) in [5.74, 6) is 2.14. The van der Waals surface area contributed by atoms with E-state index in [-0.39, 0.29) is 0 Å². The van der Waals surface area contributed by atoms with E-state index in [0.29, 0.717) is 17.2 Å². The molecule has 108 valence electrons. The highest BCUT2D eigenvalue weighted by atomic mass is 79.9. The first-order valence-electron chi connectivity index (χ1n) is 6.36. The Balaban J connectivity index is 2.02. The van der Waals surface area contributed by atoms with Crippen LogP contribution in [0.3, 0.4) is 0 Å². The lowest BCUT2D eigenvalue weighted by Gasteiger charge is -2.02. The molecule has 0 saturated carbocycles. The predicted octanol–water partition coefficient (Wildman–Crippen LogP) is 2.71. The summed E-state index contributed by atoms with van der Waals surface area (Å²) in [5.41, 5.74) is 1.70. The maximum atomic E-state index is 5.31. The van der Waals surface area contributed by atoms with Gasteiger partial charge in [-0.05, 0) is 47.1 Å². The Kier molecular flexibility index (Phi) is 3.50. The van der Waals surface area contributed by atoms with Crippen LogP contribution in [0.1, 0.15) is 17.3 Å². The molecule has 0 aliphatic heterocycles. The van der Waals surface area contributed by atoms with E-state index >= 15 is 0 Å². The minimum atomic E-state index is 0.613. The summed E-state index contributed by atoms with van der Waals surface area (Å²) >= 11 is 3.35. The first-order chi connectivity index (χ1) is 10.1. The number of ether oxygens (including phenoxy) is 1. The van der Waals surface area contributed by atoms with Crippen molar-refractivity contribution in [1.29, 1.82) is 0 Å². The lowest BCUT2D eigenvalue weighted by atomic mass is 10.3. The van der Waals surface area contributed by atoms with Crippen molar-refractivity contribution in [3.05, 3.63) is 40.3 Å². The number of hydrogen-bond acceptors (Lipinski definition) is 4. The third-order valence-corrected chi connectivity index (χ3v) is 3.52. The van der Waals surface area contributed by atoms with Crippen molar-refractivity contribution in [3.63, 3.8) is 0 Å². The third kappa shape index (κ3) is 2.56. The second-order valence-corrected chi connectivity index (χ2v) is 5.43. The predicted molar refractivity (Wildman–Crippen MR) is 84.1 cm³/mol. The molecule has 0 amide bonds. The van der Waals surface area contributed by atoms with Crippen LogP contribution in [0.4, 0.5) is 0 Å². The van der Waals surface area contributed by atoms with Gasteiger partial charge in [-0.2, -0.15) is 0 Å². The second kappa shape index (κ2) is 5.33. The molecule has 0 radical (unpaired) electrons. The maximum Gasteiger partial charge on any atom is 0.198 e. The van der Waals surface area contributed by atoms with E-state index in [2.05, 4.69) is 31.0 Å². The van der Waals surface area contributed by atoms with Crippen molar-refractivity contribution < 1.29 is 4.74 Å². The van der Waals surface area contributed by atoms with Crippen LogP contribution in [0, 0.1) is 6.92 Å². The quantitative estimate of drug-likeness (QED) is 0.730. The Labute approximate surface area is 130 Å². The molecule has 0 aliphatic rings. The van der Waals surface area contributed by atoms with Gasteiger partial charge in [0.15, 0.2) is 17.2 Å². The molecule has 7 heteroatoms. The molecule has 0 N–H and O–H groups in total. The van der Waals surface area contributed by atoms with Gasteiger partial charge in [-0.25, -0.2) is 14.5 Å². The summed E-state index contributed by atoms with van der Waals surface area (Å²) in [5, 5.41) is 4.46. The van der Waals surface area contributed by atoms with E-state index < -0.39 is 0 Å². The van der Waals surface area contributed by atoms with Gasteiger partial charge in [0, 0.05) is 18.9 Å². The molecule has 6 nitrogen and oxygen atoms in total. The normalized spacial score (nSPS) is 11.6. The molecular weight excluding hydrogens is 334 g/mol. The Morgan fingerprint density at radius 2 is 2.05 bits per heavy atom. The molecular formula is C14H14BrN5O. The van der Waals surface area contributed by atoms with Gasteiger partial charge in [0.25, 0.3) is 0 Å². The Hall–Kier alpha value is -2.15. The van der Waals surface area contributed by atoms with Gasteiger partial charge >= 0.3 is 0 Å². The number of methoxy groups -OCH3 is 1. The van der Waals surface area contributed by atoms with Gasteiger partial charge in [-0.15, -0.1) is 5.10 Å². The Morgan fingerprint density at radius 3 is 2.71 bits per heavy atom. The monoisotopic (exact) mass is 347 g/mol. The zero-order chi connectivity index (χ0) is 15.0. The lowest BCUT2D eigenvalue weighted by molar-refractivity contribution is 0.416. The molecule has 3 rings (SSSR count). The van der Waals surface area contributed by atoms with Crippen molar-refractivity contribution in [3.8, 4) is 5.75 Å². The average molecular weight is 348 g/mol. The van der Waals surface area contributed by atoms with E-state index in [4.69, 9.17) is 4.74 Å². The molecule has 3 heterocycles. The molecule has 21 heavy (non-hydrogen) atoms. The minimum absolute atomic E-state index is 0.613. The number of pyridine rings is 1. The number of imidazole rings is 1. The standard InChI is InChI=1S/C14H14BrN5O/c1-9-4-5-10(21-3)14-17-12(18-20(9)14)6-7-13-16-11(15)8-19(13)2/h4-8H,1-3H3/b7-6+. The SMILES string of the molecule is COc1ccc(C)n2nc(/C=C/c3nc(Br)cn3C)nc12. The zero-order valence-electron chi connectivity index (χ0n) is 11.9. The summed E-state index contributed by atoms with van der Waals surface area (Å²) in [6.45, 7) is 1.98. The van der Waals surface area contributed by atoms with Crippen molar-refractivity contribution in [2.24, 2.45) is 7.05 Å². The lowest BCUT2D eigenvalue weighted by Crippen LogP contribution is -1.95. The van der Waals surface area contributed by atoms with Crippen LogP contribution in [-0.4, -0.2) is 31.3 Å². The minimum Gasteiger partial charge on any atom is -0.493 e. The number of halogens is 1. The van der Waals surface area contributed by atoms with Crippen LogP contribution in [0.5, 0.6) is 5.75 Å². The van der Waals surface area contributed by atoms with Crippen LogP contribution in [0.25, 0.3) is 17.8 Å². The van der Waals surface area contributed by atoms with Crippen molar-refractivity contribution in [2.75, 3.05) is 7.11 Å². The number of nitrogens with zero attached hydrogens (tertiary/aromatic N) is 5. The average Bonchev–Trinajstić information content (AvgIpc) is 3.01. The summed E-state index contributed by atoms with van der Waals surface area (Å²) < 4.78 is 9.80. The van der Waals surface area contributed by atoms with Crippen LogP contribution >= 0.6 is 15.9 Å². The van der Waals surface area contributed by atoms with Crippen LogP contribution in [0.2, 0.25) is 0 Å².